The number of carbonyl (C=O) groups is 1. The molecular formula is C18H18N4O. The Hall–Kier alpha value is -3.08. The topological polar surface area (TPSA) is 61.0 Å². The van der Waals surface area contributed by atoms with Crippen LogP contribution in [0.25, 0.3) is 17.0 Å². The highest BCUT2D eigenvalue weighted by atomic mass is 16.1. The smallest absolute Gasteiger partial charge is 0.248 e. The number of para-hydroxylation sites is 1. The number of H-pyrrole nitrogens is 1. The predicted octanol–water partition coefficient (Wildman–Crippen LogP) is 3.28. The summed E-state index contributed by atoms with van der Waals surface area (Å²) in [5, 5.41) is 11.0. The molecule has 116 valence electrons. The minimum atomic E-state index is -0.185. The second-order valence-electron chi connectivity index (χ2n) is 5.42. The van der Waals surface area contributed by atoms with E-state index in [1.165, 1.54) is 6.08 Å². The van der Waals surface area contributed by atoms with Gasteiger partial charge in [0.25, 0.3) is 0 Å². The molecule has 0 aliphatic rings. The molecule has 0 unspecified atom stereocenters. The van der Waals surface area contributed by atoms with Gasteiger partial charge < -0.3 is 10.2 Å². The number of anilines is 2. The van der Waals surface area contributed by atoms with E-state index in [1.807, 2.05) is 67.5 Å². The molecule has 5 nitrogen and oxygen atoms in total. The maximum absolute atomic E-state index is 12.0. The molecule has 1 amide bonds. The van der Waals surface area contributed by atoms with Crippen LogP contribution in [0.2, 0.25) is 0 Å². The van der Waals surface area contributed by atoms with E-state index >= 15 is 0 Å². The summed E-state index contributed by atoms with van der Waals surface area (Å²) < 4.78 is 0. The Balaban J connectivity index is 1.69. The van der Waals surface area contributed by atoms with Gasteiger partial charge >= 0.3 is 0 Å². The van der Waals surface area contributed by atoms with Crippen LogP contribution >= 0.6 is 0 Å². The molecule has 2 N–H and O–H groups in total. The summed E-state index contributed by atoms with van der Waals surface area (Å²) >= 11 is 0. The lowest BCUT2D eigenvalue weighted by Crippen LogP contribution is -2.10. The number of amides is 1. The van der Waals surface area contributed by atoms with Crippen molar-refractivity contribution in [2.75, 3.05) is 24.3 Å². The van der Waals surface area contributed by atoms with Crippen LogP contribution in [0.5, 0.6) is 0 Å². The van der Waals surface area contributed by atoms with Gasteiger partial charge in [-0.25, -0.2) is 0 Å². The molecule has 0 aliphatic heterocycles. The van der Waals surface area contributed by atoms with Gasteiger partial charge in [-0.2, -0.15) is 5.10 Å². The molecule has 3 aromatic rings. The summed E-state index contributed by atoms with van der Waals surface area (Å²) in [6.07, 6.45) is 3.20. The molecule has 0 radical (unpaired) electrons. The van der Waals surface area contributed by atoms with E-state index in [4.69, 9.17) is 0 Å². The summed E-state index contributed by atoms with van der Waals surface area (Å²) in [7, 11) is 3.95. The number of benzene rings is 2. The summed E-state index contributed by atoms with van der Waals surface area (Å²) in [6.45, 7) is 0. The third kappa shape index (κ3) is 3.40. The number of fused-ring (bicyclic) bond motifs is 1. The van der Waals surface area contributed by atoms with E-state index < -0.39 is 0 Å². The first-order valence-corrected chi connectivity index (χ1v) is 7.33. The Morgan fingerprint density at radius 3 is 2.61 bits per heavy atom. The first-order valence-electron chi connectivity index (χ1n) is 7.33. The van der Waals surface area contributed by atoms with Gasteiger partial charge in [0, 0.05) is 36.9 Å². The average Bonchev–Trinajstić information content (AvgIpc) is 2.97. The fraction of sp³-hybridized carbons (Fsp3) is 0.111. The van der Waals surface area contributed by atoms with Crippen molar-refractivity contribution in [2.24, 2.45) is 0 Å². The molecule has 23 heavy (non-hydrogen) atoms. The molecule has 0 aliphatic carbocycles. The molecule has 0 spiro atoms. The predicted molar refractivity (Wildman–Crippen MR) is 94.5 cm³/mol. The van der Waals surface area contributed by atoms with E-state index in [1.54, 1.807) is 6.08 Å². The van der Waals surface area contributed by atoms with E-state index in [0.717, 1.165) is 28.0 Å². The second-order valence-corrected chi connectivity index (χ2v) is 5.42. The van der Waals surface area contributed by atoms with Gasteiger partial charge in [-0.15, -0.1) is 0 Å². The molecular weight excluding hydrogens is 288 g/mol. The van der Waals surface area contributed by atoms with Crippen LogP contribution in [0.4, 0.5) is 11.4 Å². The van der Waals surface area contributed by atoms with Crippen molar-refractivity contribution in [2.45, 2.75) is 0 Å². The van der Waals surface area contributed by atoms with Crippen LogP contribution in [-0.4, -0.2) is 30.2 Å². The van der Waals surface area contributed by atoms with Gasteiger partial charge in [-0.1, -0.05) is 18.2 Å². The molecule has 1 heterocycles. The lowest BCUT2D eigenvalue weighted by Gasteiger charge is -2.12. The number of nitrogens with zero attached hydrogens (tertiary/aromatic N) is 2. The van der Waals surface area contributed by atoms with Crippen molar-refractivity contribution in [3.63, 3.8) is 0 Å². The molecule has 5 heteroatoms. The Morgan fingerprint density at radius 2 is 1.87 bits per heavy atom. The molecule has 0 saturated heterocycles. The van der Waals surface area contributed by atoms with Crippen molar-refractivity contribution in [1.82, 2.24) is 10.2 Å². The molecule has 2 aromatic carbocycles. The SMILES string of the molecule is CN(C)c1ccc(NC(=O)/C=C/c2n[nH]c3ccccc23)cc1. The van der Waals surface area contributed by atoms with Crippen molar-refractivity contribution < 1.29 is 4.79 Å². The number of aromatic nitrogens is 2. The third-order valence-corrected chi connectivity index (χ3v) is 3.54. The lowest BCUT2D eigenvalue weighted by atomic mass is 10.2. The molecule has 0 bridgehead atoms. The Labute approximate surface area is 134 Å². The van der Waals surface area contributed by atoms with Crippen LogP contribution in [-0.2, 0) is 4.79 Å². The summed E-state index contributed by atoms with van der Waals surface area (Å²) in [5.74, 6) is -0.185. The quantitative estimate of drug-likeness (QED) is 0.727. The molecule has 0 atom stereocenters. The summed E-state index contributed by atoms with van der Waals surface area (Å²) in [4.78, 5) is 14.0. The number of hydrogen-bond donors (Lipinski definition) is 2. The van der Waals surface area contributed by atoms with E-state index in [-0.39, 0.29) is 5.91 Å². The van der Waals surface area contributed by atoms with E-state index in [0.29, 0.717) is 0 Å². The van der Waals surface area contributed by atoms with Crippen LogP contribution in [0.15, 0.2) is 54.6 Å². The molecule has 3 rings (SSSR count). The van der Waals surface area contributed by atoms with Gasteiger partial charge in [-0.05, 0) is 36.4 Å². The number of aromatic amines is 1. The fourth-order valence-electron chi connectivity index (χ4n) is 2.29. The minimum Gasteiger partial charge on any atom is -0.378 e. The zero-order valence-corrected chi connectivity index (χ0v) is 13.1. The highest BCUT2D eigenvalue weighted by Gasteiger charge is 2.03. The largest absolute Gasteiger partial charge is 0.378 e. The maximum Gasteiger partial charge on any atom is 0.248 e. The van der Waals surface area contributed by atoms with Gasteiger partial charge in [0.15, 0.2) is 0 Å². The van der Waals surface area contributed by atoms with Gasteiger partial charge in [0.2, 0.25) is 5.91 Å². The standard InChI is InChI=1S/C18H18N4O/c1-22(2)14-9-7-13(8-10-14)19-18(23)12-11-17-15-5-3-4-6-16(15)20-21-17/h3-12H,1-2H3,(H,19,23)(H,20,21)/b12-11+. The third-order valence-electron chi connectivity index (χ3n) is 3.54. The van der Waals surface area contributed by atoms with Gasteiger partial charge in [0.1, 0.15) is 0 Å². The molecule has 0 saturated carbocycles. The van der Waals surface area contributed by atoms with Crippen LogP contribution < -0.4 is 10.2 Å². The van der Waals surface area contributed by atoms with Crippen molar-refractivity contribution in [1.29, 1.82) is 0 Å². The monoisotopic (exact) mass is 306 g/mol. The zero-order chi connectivity index (χ0) is 16.2. The number of rotatable bonds is 4. The normalized spacial score (nSPS) is 11.0. The van der Waals surface area contributed by atoms with Gasteiger partial charge in [-0.3, -0.25) is 9.89 Å². The van der Waals surface area contributed by atoms with Crippen LogP contribution in [0, 0.1) is 0 Å². The maximum atomic E-state index is 12.0. The molecule has 0 fully saturated rings. The highest BCUT2D eigenvalue weighted by Crippen LogP contribution is 2.17. The average molecular weight is 306 g/mol. The fourth-order valence-corrected chi connectivity index (χ4v) is 2.29. The first-order chi connectivity index (χ1) is 11.1. The second kappa shape index (κ2) is 6.36. The number of hydrogen-bond acceptors (Lipinski definition) is 3. The van der Waals surface area contributed by atoms with Crippen molar-refractivity contribution in [3.8, 4) is 0 Å². The van der Waals surface area contributed by atoms with Crippen molar-refractivity contribution >= 4 is 34.3 Å². The molecule has 1 aromatic heterocycles. The Morgan fingerprint density at radius 1 is 1.13 bits per heavy atom. The minimum absolute atomic E-state index is 0.185. The van der Waals surface area contributed by atoms with E-state index in [2.05, 4.69) is 15.5 Å². The van der Waals surface area contributed by atoms with Crippen molar-refractivity contribution in [3.05, 3.63) is 60.3 Å². The summed E-state index contributed by atoms with van der Waals surface area (Å²) in [6, 6.07) is 15.5. The number of carbonyl (C=O) groups excluding carboxylic acids is 1. The van der Waals surface area contributed by atoms with Crippen LogP contribution in [0.1, 0.15) is 5.69 Å². The van der Waals surface area contributed by atoms with E-state index in [9.17, 15) is 4.79 Å². The highest BCUT2D eigenvalue weighted by molar-refractivity contribution is 6.03. The lowest BCUT2D eigenvalue weighted by molar-refractivity contribution is -0.111. The Kier molecular flexibility index (Phi) is 4.10. The number of nitrogens with one attached hydrogen (secondary N) is 2. The Bertz CT molecular complexity index is 847. The van der Waals surface area contributed by atoms with Crippen LogP contribution in [0.3, 0.4) is 0 Å². The first kappa shape index (κ1) is 14.8. The summed E-state index contributed by atoms with van der Waals surface area (Å²) in [5.41, 5.74) is 3.55. The van der Waals surface area contributed by atoms with Gasteiger partial charge in [0.05, 0.1) is 11.2 Å². The zero-order valence-electron chi connectivity index (χ0n) is 13.1.